The summed E-state index contributed by atoms with van der Waals surface area (Å²) in [6, 6.07) is 0. The number of aromatic nitrogens is 2. The summed E-state index contributed by atoms with van der Waals surface area (Å²) in [6.07, 6.45) is -0.602. The molecular formula is C12H21N4O13P3. The normalized spacial score (nSPS) is 27.5. The van der Waals surface area contributed by atoms with Crippen LogP contribution in [0, 0.1) is 0 Å². The Bertz CT molecular complexity index is 1070. The second-order valence-electron chi connectivity index (χ2n) is 6.49. The summed E-state index contributed by atoms with van der Waals surface area (Å²) in [5.74, 6) is -0.234. The average Bonchev–Trinajstić information content (AvgIpc) is 2.90. The molecule has 0 spiro atoms. The summed E-state index contributed by atoms with van der Waals surface area (Å²) < 4.78 is 52.2. The van der Waals surface area contributed by atoms with E-state index in [1.165, 1.54) is 6.08 Å². The minimum atomic E-state index is -5.71. The summed E-state index contributed by atoms with van der Waals surface area (Å²) in [5.41, 5.74) is 8.64. The molecule has 2 unspecified atom stereocenters. The Morgan fingerprint density at radius 1 is 1.25 bits per heavy atom. The summed E-state index contributed by atoms with van der Waals surface area (Å²) in [6.45, 7) is 2.62. The van der Waals surface area contributed by atoms with E-state index in [4.69, 9.17) is 30.9 Å². The monoisotopic (exact) mass is 522 g/mol. The van der Waals surface area contributed by atoms with Gasteiger partial charge in [-0.2, -0.15) is 13.6 Å². The molecule has 0 saturated carbocycles. The van der Waals surface area contributed by atoms with Gasteiger partial charge in [-0.3, -0.25) is 9.09 Å². The molecule has 1 saturated heterocycles. The van der Waals surface area contributed by atoms with E-state index >= 15 is 0 Å². The lowest BCUT2D eigenvalue weighted by Gasteiger charge is -2.30. The lowest BCUT2D eigenvalue weighted by molar-refractivity contribution is -0.116. The zero-order valence-electron chi connectivity index (χ0n) is 16.0. The molecule has 5 atom stereocenters. The quantitative estimate of drug-likeness (QED) is 0.145. The fourth-order valence-corrected chi connectivity index (χ4v) is 5.90. The Hall–Kier alpha value is -1.45. The Balaban J connectivity index is 2.19. The van der Waals surface area contributed by atoms with Gasteiger partial charge in [0, 0.05) is 19.0 Å². The Morgan fingerprint density at radius 2 is 1.88 bits per heavy atom. The van der Waals surface area contributed by atoms with Crippen molar-refractivity contribution in [3.05, 3.63) is 29.3 Å². The smallest absolute Gasteiger partial charge is 0.395 e. The minimum absolute atomic E-state index is 0.0548. The predicted molar refractivity (Wildman–Crippen MR) is 105 cm³/mol. The molecule has 2 rings (SSSR count). The largest absolute Gasteiger partial charge is 0.490 e. The van der Waals surface area contributed by atoms with Crippen molar-refractivity contribution >= 4 is 35.0 Å². The molecule has 0 aromatic carbocycles. The van der Waals surface area contributed by atoms with Gasteiger partial charge in [-0.25, -0.2) is 18.5 Å². The molecule has 182 valence electrons. The van der Waals surface area contributed by atoms with Crippen molar-refractivity contribution < 1.29 is 56.3 Å². The van der Waals surface area contributed by atoms with Crippen molar-refractivity contribution in [2.45, 2.75) is 30.8 Å². The molecule has 0 amide bonds. The van der Waals surface area contributed by atoms with Gasteiger partial charge in [-0.15, -0.1) is 6.58 Å². The topological polar surface area (TPSA) is 276 Å². The third kappa shape index (κ3) is 6.78. The van der Waals surface area contributed by atoms with Crippen LogP contribution >= 0.6 is 23.5 Å². The number of nitrogen functional groups attached to an aromatic ring is 2. The third-order valence-electron chi connectivity index (χ3n) is 4.03. The number of aliphatic hydroxyl groups is 1. The number of hydrogen-bond donors (Lipinski definition) is 7. The fourth-order valence-electron chi connectivity index (χ4n) is 2.87. The molecule has 0 bridgehead atoms. The van der Waals surface area contributed by atoms with Crippen LogP contribution in [0.4, 0.5) is 11.5 Å². The summed E-state index contributed by atoms with van der Waals surface area (Å²) in [4.78, 5) is 51.6. The van der Waals surface area contributed by atoms with E-state index in [-0.39, 0.29) is 24.3 Å². The van der Waals surface area contributed by atoms with E-state index in [2.05, 4.69) is 24.7 Å². The van der Waals surface area contributed by atoms with Crippen LogP contribution < -0.4 is 17.2 Å². The van der Waals surface area contributed by atoms with Crippen molar-refractivity contribution in [1.29, 1.82) is 0 Å². The van der Waals surface area contributed by atoms with E-state index in [0.717, 1.165) is 10.8 Å². The Morgan fingerprint density at radius 3 is 2.44 bits per heavy atom. The van der Waals surface area contributed by atoms with Crippen molar-refractivity contribution in [1.82, 2.24) is 9.55 Å². The molecule has 1 aliphatic rings. The molecule has 20 heteroatoms. The molecule has 1 aromatic rings. The number of rotatable bonds is 10. The SMILES string of the molecule is C=CC[C@]1(n2cc(N)c(N)nc2=O)C[C@H](O)[C@@H](COP(=O)(O)OP(=O)(O)OP(=O)(O)O)O1. The van der Waals surface area contributed by atoms with Crippen LogP contribution in [0.2, 0.25) is 0 Å². The van der Waals surface area contributed by atoms with Gasteiger partial charge < -0.3 is 40.9 Å². The maximum atomic E-state index is 12.3. The molecule has 32 heavy (non-hydrogen) atoms. The highest BCUT2D eigenvalue weighted by atomic mass is 31.3. The molecule has 0 radical (unpaired) electrons. The summed E-state index contributed by atoms with van der Waals surface area (Å²) in [7, 11) is -16.7. The van der Waals surface area contributed by atoms with Crippen LogP contribution in [0.25, 0.3) is 0 Å². The van der Waals surface area contributed by atoms with Gasteiger partial charge in [-0.1, -0.05) is 6.08 Å². The van der Waals surface area contributed by atoms with Crippen LogP contribution in [0.3, 0.4) is 0 Å². The molecule has 1 fully saturated rings. The first-order chi connectivity index (χ1) is 14.5. The average molecular weight is 522 g/mol. The first kappa shape index (κ1) is 26.8. The van der Waals surface area contributed by atoms with Gasteiger partial charge in [0.05, 0.1) is 18.4 Å². The maximum absolute atomic E-state index is 12.3. The molecule has 1 aromatic heterocycles. The van der Waals surface area contributed by atoms with Crippen LogP contribution in [0.1, 0.15) is 12.8 Å². The number of phosphoric acid groups is 3. The Labute approximate surface area is 179 Å². The van der Waals surface area contributed by atoms with Crippen LogP contribution in [0.15, 0.2) is 23.6 Å². The Kier molecular flexibility index (Phi) is 7.89. The van der Waals surface area contributed by atoms with E-state index in [0.29, 0.717) is 0 Å². The molecule has 1 aliphatic heterocycles. The first-order valence-corrected chi connectivity index (χ1v) is 12.9. The van der Waals surface area contributed by atoms with Gasteiger partial charge >= 0.3 is 29.2 Å². The third-order valence-corrected chi connectivity index (χ3v) is 7.84. The second kappa shape index (κ2) is 9.43. The number of hydrogen-bond acceptors (Lipinski definition) is 12. The second-order valence-corrected chi connectivity index (χ2v) is 10.9. The summed E-state index contributed by atoms with van der Waals surface area (Å²) >= 11 is 0. The van der Waals surface area contributed by atoms with E-state index in [1.807, 2.05) is 0 Å². The number of nitrogens with zero attached hydrogens (tertiary/aromatic N) is 2. The van der Waals surface area contributed by atoms with Crippen LogP contribution in [-0.2, 0) is 37.3 Å². The van der Waals surface area contributed by atoms with E-state index < -0.39 is 53.7 Å². The van der Waals surface area contributed by atoms with Gasteiger partial charge in [0.2, 0.25) is 0 Å². The highest BCUT2D eigenvalue weighted by Gasteiger charge is 2.49. The highest BCUT2D eigenvalue weighted by Crippen LogP contribution is 2.66. The van der Waals surface area contributed by atoms with Gasteiger partial charge in [0.1, 0.15) is 6.10 Å². The van der Waals surface area contributed by atoms with Crippen molar-refractivity contribution in [2.75, 3.05) is 18.1 Å². The lowest BCUT2D eigenvalue weighted by Crippen LogP contribution is -2.42. The minimum Gasteiger partial charge on any atom is -0.395 e. The fraction of sp³-hybridized carbons (Fsp3) is 0.500. The van der Waals surface area contributed by atoms with Crippen LogP contribution in [-0.4, -0.2) is 53.0 Å². The number of ether oxygens (including phenoxy) is 1. The van der Waals surface area contributed by atoms with Crippen molar-refractivity contribution in [2.24, 2.45) is 0 Å². The molecule has 17 nitrogen and oxygen atoms in total. The zero-order valence-corrected chi connectivity index (χ0v) is 18.7. The van der Waals surface area contributed by atoms with Gasteiger partial charge in [0.25, 0.3) is 0 Å². The van der Waals surface area contributed by atoms with E-state index in [1.54, 1.807) is 0 Å². The van der Waals surface area contributed by atoms with Gasteiger partial charge in [-0.05, 0) is 0 Å². The number of phosphoric ester groups is 1. The predicted octanol–water partition coefficient (Wildman–Crippen LogP) is -0.870. The van der Waals surface area contributed by atoms with Gasteiger partial charge in [0.15, 0.2) is 11.5 Å². The molecular weight excluding hydrogens is 501 g/mol. The summed E-state index contributed by atoms with van der Waals surface area (Å²) in [5, 5.41) is 10.3. The number of aliphatic hydroxyl groups excluding tert-OH is 1. The number of anilines is 2. The van der Waals surface area contributed by atoms with Crippen molar-refractivity contribution in [3.8, 4) is 0 Å². The van der Waals surface area contributed by atoms with Crippen molar-refractivity contribution in [3.63, 3.8) is 0 Å². The van der Waals surface area contributed by atoms with E-state index in [9.17, 15) is 28.5 Å². The first-order valence-electron chi connectivity index (χ1n) is 8.39. The number of nitrogens with two attached hydrogens (primary N) is 2. The molecule has 2 heterocycles. The molecule has 0 aliphatic carbocycles. The standard InChI is InChI=1S/C12H21N4O13P3/c1-2-3-12(16-5-7(13)10(14)15-11(16)18)4-8(17)9(27-12)6-26-31(22,23)29-32(24,25)28-30(19,20)21/h2,5,8-9,17H,1,3-4,6,13H2,(H,22,23)(H,24,25)(H2,14,15,18)(H2,19,20,21)/t8-,9+,12+/m0/s1. The lowest BCUT2D eigenvalue weighted by atomic mass is 10.0. The maximum Gasteiger partial charge on any atom is 0.490 e. The zero-order chi connectivity index (χ0) is 24.5. The highest BCUT2D eigenvalue weighted by molar-refractivity contribution is 7.66. The molecule has 9 N–H and O–H groups in total. The van der Waals surface area contributed by atoms with Crippen LogP contribution in [0.5, 0.6) is 0 Å².